The van der Waals surface area contributed by atoms with Crippen LogP contribution in [0.3, 0.4) is 0 Å². The van der Waals surface area contributed by atoms with Gasteiger partial charge in [-0.2, -0.15) is 0 Å². The van der Waals surface area contributed by atoms with E-state index in [1.165, 1.54) is 12.1 Å². The van der Waals surface area contributed by atoms with Gasteiger partial charge in [0.05, 0.1) is 10.5 Å². The fourth-order valence-electron chi connectivity index (χ4n) is 2.14. The highest BCUT2D eigenvalue weighted by Gasteiger charge is 2.23. The summed E-state index contributed by atoms with van der Waals surface area (Å²) in [6, 6.07) is 2.36. The van der Waals surface area contributed by atoms with Crippen LogP contribution in [0.5, 0.6) is 0 Å². The van der Waals surface area contributed by atoms with E-state index < -0.39 is 16.0 Å². The van der Waals surface area contributed by atoms with Crippen LogP contribution in [0.2, 0.25) is 0 Å². The summed E-state index contributed by atoms with van der Waals surface area (Å²) in [5, 5.41) is 9.06. The van der Waals surface area contributed by atoms with Gasteiger partial charge in [0.15, 0.2) is 0 Å². The highest BCUT2D eigenvalue weighted by Crippen LogP contribution is 2.26. The molecule has 1 atom stereocenters. The number of nitrogens with one attached hydrogen (secondary N) is 1. The Morgan fingerprint density at radius 3 is 2.38 bits per heavy atom. The number of halogens is 1. The van der Waals surface area contributed by atoms with Crippen molar-refractivity contribution in [2.75, 3.05) is 0 Å². The standard InChI is InChI=1S/C14H20BrNO4S/c1-8(2)5-9(3)16-21(19,20)13-7-11(14(17)18)6-12(15)10(13)4/h6-9,16H,5H2,1-4H3,(H,17,18). The van der Waals surface area contributed by atoms with Crippen LogP contribution in [0.15, 0.2) is 21.5 Å². The Kier molecular flexibility index (Phi) is 5.95. The van der Waals surface area contributed by atoms with Crippen LogP contribution in [0.4, 0.5) is 0 Å². The van der Waals surface area contributed by atoms with Crippen LogP contribution in [0.1, 0.15) is 43.1 Å². The first-order chi connectivity index (χ1) is 9.54. The predicted molar refractivity (Wildman–Crippen MR) is 85.1 cm³/mol. The minimum atomic E-state index is -3.76. The van der Waals surface area contributed by atoms with E-state index in [9.17, 15) is 13.2 Å². The zero-order valence-corrected chi connectivity index (χ0v) is 14.9. The molecule has 0 fully saturated rings. The van der Waals surface area contributed by atoms with Crippen molar-refractivity contribution in [3.8, 4) is 0 Å². The first kappa shape index (κ1) is 18.1. The molecule has 118 valence electrons. The van der Waals surface area contributed by atoms with Crippen LogP contribution >= 0.6 is 15.9 Å². The molecule has 1 unspecified atom stereocenters. The molecule has 0 spiro atoms. The Balaban J connectivity index is 3.22. The Morgan fingerprint density at radius 1 is 1.33 bits per heavy atom. The molecule has 1 aromatic rings. The molecule has 0 saturated carbocycles. The minimum Gasteiger partial charge on any atom is -0.478 e. The number of carboxylic acids is 1. The lowest BCUT2D eigenvalue weighted by Gasteiger charge is -2.18. The molecule has 0 aliphatic carbocycles. The molecule has 0 aromatic heterocycles. The van der Waals surface area contributed by atoms with E-state index in [1.54, 1.807) is 13.8 Å². The van der Waals surface area contributed by atoms with Crippen LogP contribution in [-0.2, 0) is 10.0 Å². The topological polar surface area (TPSA) is 83.5 Å². The first-order valence-electron chi connectivity index (χ1n) is 6.60. The molecule has 21 heavy (non-hydrogen) atoms. The summed E-state index contributed by atoms with van der Waals surface area (Å²) < 4.78 is 27.9. The Morgan fingerprint density at radius 2 is 1.90 bits per heavy atom. The molecule has 0 aliphatic rings. The van der Waals surface area contributed by atoms with Crippen LogP contribution in [-0.4, -0.2) is 25.5 Å². The molecule has 0 saturated heterocycles. The van der Waals surface area contributed by atoms with Crippen molar-refractivity contribution < 1.29 is 18.3 Å². The summed E-state index contributed by atoms with van der Waals surface area (Å²) in [6.07, 6.45) is 0.706. The van der Waals surface area contributed by atoms with Gasteiger partial charge in [0, 0.05) is 10.5 Å². The van der Waals surface area contributed by atoms with Crippen LogP contribution < -0.4 is 4.72 Å². The van der Waals surface area contributed by atoms with E-state index in [0.29, 0.717) is 22.4 Å². The molecule has 0 bridgehead atoms. The smallest absolute Gasteiger partial charge is 0.335 e. The zero-order valence-electron chi connectivity index (χ0n) is 12.5. The summed E-state index contributed by atoms with van der Waals surface area (Å²) in [4.78, 5) is 11.1. The maximum atomic E-state index is 12.4. The number of benzene rings is 1. The third-order valence-electron chi connectivity index (χ3n) is 3.01. The average Bonchev–Trinajstić information content (AvgIpc) is 2.29. The van der Waals surface area contributed by atoms with E-state index in [2.05, 4.69) is 20.7 Å². The third kappa shape index (κ3) is 4.79. The maximum Gasteiger partial charge on any atom is 0.335 e. The molecule has 5 nitrogen and oxygen atoms in total. The highest BCUT2D eigenvalue weighted by atomic mass is 79.9. The van der Waals surface area contributed by atoms with E-state index >= 15 is 0 Å². The van der Waals surface area contributed by atoms with Gasteiger partial charge in [-0.05, 0) is 43.9 Å². The minimum absolute atomic E-state index is 0.00937. The number of hydrogen-bond donors (Lipinski definition) is 2. The number of sulfonamides is 1. The van der Waals surface area contributed by atoms with Crippen molar-refractivity contribution in [1.82, 2.24) is 4.72 Å². The van der Waals surface area contributed by atoms with Gasteiger partial charge in [-0.15, -0.1) is 0 Å². The lowest BCUT2D eigenvalue weighted by Crippen LogP contribution is -2.34. The zero-order chi connectivity index (χ0) is 16.4. The lowest BCUT2D eigenvalue weighted by atomic mass is 10.1. The summed E-state index contributed by atoms with van der Waals surface area (Å²) in [5.41, 5.74) is 0.425. The van der Waals surface area contributed by atoms with Crippen molar-refractivity contribution in [2.45, 2.75) is 45.1 Å². The average molecular weight is 378 g/mol. The molecule has 1 rings (SSSR count). The number of aromatic carboxylic acids is 1. The Hall–Kier alpha value is -0.920. The summed E-state index contributed by atoms with van der Waals surface area (Å²) in [6.45, 7) is 7.45. The Bertz CT molecular complexity index is 641. The molecule has 7 heteroatoms. The third-order valence-corrected chi connectivity index (χ3v) is 5.55. The van der Waals surface area contributed by atoms with E-state index in [-0.39, 0.29) is 16.5 Å². The molecule has 1 aromatic carbocycles. The summed E-state index contributed by atoms with van der Waals surface area (Å²) in [5.74, 6) is -0.803. The van der Waals surface area contributed by atoms with E-state index in [4.69, 9.17) is 5.11 Å². The van der Waals surface area contributed by atoms with Gasteiger partial charge in [0.25, 0.3) is 0 Å². The predicted octanol–water partition coefficient (Wildman–Crippen LogP) is 3.17. The Labute approximate surface area is 133 Å². The van der Waals surface area contributed by atoms with Crippen molar-refractivity contribution in [3.05, 3.63) is 27.7 Å². The number of rotatable bonds is 6. The quantitative estimate of drug-likeness (QED) is 0.797. The van der Waals surface area contributed by atoms with Gasteiger partial charge < -0.3 is 5.11 Å². The van der Waals surface area contributed by atoms with Crippen LogP contribution in [0.25, 0.3) is 0 Å². The normalized spacial score (nSPS) is 13.4. The van der Waals surface area contributed by atoms with Gasteiger partial charge >= 0.3 is 5.97 Å². The van der Waals surface area contributed by atoms with Crippen molar-refractivity contribution in [3.63, 3.8) is 0 Å². The van der Waals surface area contributed by atoms with Crippen molar-refractivity contribution >= 4 is 31.9 Å². The SMILES string of the molecule is Cc1c(Br)cc(C(=O)O)cc1S(=O)(=O)NC(C)CC(C)C. The van der Waals surface area contributed by atoms with Gasteiger partial charge in [-0.3, -0.25) is 0 Å². The molecular formula is C14H20BrNO4S. The van der Waals surface area contributed by atoms with Crippen molar-refractivity contribution in [1.29, 1.82) is 0 Å². The van der Waals surface area contributed by atoms with Gasteiger partial charge in [-0.1, -0.05) is 29.8 Å². The second-order valence-electron chi connectivity index (χ2n) is 5.54. The number of carboxylic acid groups (broad SMARTS) is 1. The number of carbonyl (C=O) groups is 1. The monoisotopic (exact) mass is 377 g/mol. The summed E-state index contributed by atoms with van der Waals surface area (Å²) >= 11 is 3.21. The van der Waals surface area contributed by atoms with E-state index in [1.807, 2.05) is 13.8 Å². The van der Waals surface area contributed by atoms with Crippen molar-refractivity contribution in [2.24, 2.45) is 5.92 Å². The fourth-order valence-corrected chi connectivity index (χ4v) is 4.28. The van der Waals surface area contributed by atoms with Gasteiger partial charge in [0.2, 0.25) is 10.0 Å². The highest BCUT2D eigenvalue weighted by molar-refractivity contribution is 9.10. The molecule has 0 radical (unpaired) electrons. The van der Waals surface area contributed by atoms with E-state index in [0.717, 1.165) is 0 Å². The molecule has 0 heterocycles. The second-order valence-corrected chi connectivity index (χ2v) is 8.07. The molecule has 2 N–H and O–H groups in total. The maximum absolute atomic E-state index is 12.4. The molecule has 0 amide bonds. The second kappa shape index (κ2) is 6.89. The lowest BCUT2D eigenvalue weighted by molar-refractivity contribution is 0.0696. The summed E-state index contributed by atoms with van der Waals surface area (Å²) in [7, 11) is -3.76. The van der Waals surface area contributed by atoms with Gasteiger partial charge in [-0.25, -0.2) is 17.9 Å². The van der Waals surface area contributed by atoms with Gasteiger partial charge in [0.1, 0.15) is 0 Å². The van der Waals surface area contributed by atoms with Crippen LogP contribution in [0, 0.1) is 12.8 Å². The first-order valence-corrected chi connectivity index (χ1v) is 8.88. The molecule has 0 aliphatic heterocycles. The number of hydrogen-bond acceptors (Lipinski definition) is 3. The largest absolute Gasteiger partial charge is 0.478 e. The molecular weight excluding hydrogens is 358 g/mol. The fraction of sp³-hybridized carbons (Fsp3) is 0.500.